The molecule has 0 spiro atoms. The number of amides is 1. The number of hydrogen-bond donors (Lipinski definition) is 0. The highest BCUT2D eigenvalue weighted by molar-refractivity contribution is 7.94. The highest BCUT2D eigenvalue weighted by atomic mass is 32.2. The predicted molar refractivity (Wildman–Crippen MR) is 124 cm³/mol. The van der Waals surface area contributed by atoms with Gasteiger partial charge in [0.25, 0.3) is 5.91 Å². The van der Waals surface area contributed by atoms with Crippen LogP contribution in [-0.2, 0) is 29.3 Å². The number of carbonyl (C=O) groups excluding carboxylic acids is 1. The maximum Gasteiger partial charge on any atom is 0.282 e. The van der Waals surface area contributed by atoms with Crippen molar-refractivity contribution < 1.29 is 13.2 Å². The van der Waals surface area contributed by atoms with E-state index in [2.05, 4.69) is 18.2 Å². The number of rotatable bonds is 5. The van der Waals surface area contributed by atoms with Crippen LogP contribution in [0, 0.1) is 11.3 Å². The van der Waals surface area contributed by atoms with Crippen molar-refractivity contribution in [2.75, 3.05) is 4.31 Å². The van der Waals surface area contributed by atoms with Crippen LogP contribution in [0.3, 0.4) is 0 Å². The first-order valence-electron chi connectivity index (χ1n) is 10.1. The molecule has 0 N–H and O–H groups in total. The molecule has 0 radical (unpaired) electrons. The summed E-state index contributed by atoms with van der Waals surface area (Å²) in [4.78, 5) is 15.0. The number of sulfonamides is 1. The zero-order valence-corrected chi connectivity index (χ0v) is 19.0. The fraction of sp³-hybridized carbons (Fsp3) is 0.250. The third kappa shape index (κ3) is 3.89. The molecule has 0 saturated heterocycles. The molecule has 158 valence electrons. The van der Waals surface area contributed by atoms with Gasteiger partial charge in [-0.15, -0.1) is 11.3 Å². The molecule has 0 bridgehead atoms. The van der Waals surface area contributed by atoms with Gasteiger partial charge in [-0.25, -0.2) is 12.7 Å². The summed E-state index contributed by atoms with van der Waals surface area (Å²) in [5, 5.41) is 8.12. The van der Waals surface area contributed by atoms with Gasteiger partial charge in [0.1, 0.15) is 0 Å². The lowest BCUT2D eigenvalue weighted by atomic mass is 9.91. The van der Waals surface area contributed by atoms with Crippen LogP contribution in [0.1, 0.15) is 40.2 Å². The highest BCUT2D eigenvalue weighted by Gasteiger charge is 2.34. The lowest BCUT2D eigenvalue weighted by Crippen LogP contribution is -2.41. The SMILES string of the molecule is CC(C)S(=O)(=O)N(C(=O)c1cc2c(s1)-c1ccccc1CC2)c1ccc(CC#N)cc1. The normalized spacial score (nSPS) is 12.7. The first kappa shape index (κ1) is 21.3. The number of thiophene rings is 1. The lowest BCUT2D eigenvalue weighted by molar-refractivity contribution is 0.101. The summed E-state index contributed by atoms with van der Waals surface area (Å²) in [6.07, 6.45) is 1.96. The fourth-order valence-corrected chi connectivity index (χ4v) is 6.13. The molecule has 3 aromatic rings. The average Bonchev–Trinajstić information content (AvgIpc) is 3.20. The second-order valence-electron chi connectivity index (χ2n) is 7.79. The average molecular weight is 451 g/mol. The lowest BCUT2D eigenvalue weighted by Gasteiger charge is -2.24. The number of hydrogen-bond acceptors (Lipinski definition) is 5. The van der Waals surface area contributed by atoms with Crippen LogP contribution in [0.4, 0.5) is 5.69 Å². The van der Waals surface area contributed by atoms with Gasteiger partial charge in [-0.05, 0) is 67.1 Å². The maximum atomic E-state index is 13.5. The van der Waals surface area contributed by atoms with E-state index in [-0.39, 0.29) is 12.1 Å². The molecule has 7 heteroatoms. The molecule has 1 amide bonds. The van der Waals surface area contributed by atoms with Gasteiger partial charge in [-0.3, -0.25) is 4.79 Å². The van der Waals surface area contributed by atoms with Crippen molar-refractivity contribution in [1.82, 2.24) is 0 Å². The van der Waals surface area contributed by atoms with E-state index in [0.29, 0.717) is 4.88 Å². The number of anilines is 1. The molecular weight excluding hydrogens is 428 g/mol. The summed E-state index contributed by atoms with van der Waals surface area (Å²) in [5.41, 5.74) is 4.50. The van der Waals surface area contributed by atoms with Crippen molar-refractivity contribution >= 4 is 33.0 Å². The molecule has 1 aliphatic rings. The van der Waals surface area contributed by atoms with Crippen LogP contribution >= 0.6 is 11.3 Å². The molecule has 5 nitrogen and oxygen atoms in total. The molecule has 1 aromatic heterocycles. The van der Waals surface area contributed by atoms with Crippen molar-refractivity contribution in [3.8, 4) is 16.5 Å². The van der Waals surface area contributed by atoms with Gasteiger partial charge < -0.3 is 0 Å². The number of aryl methyl sites for hydroxylation is 2. The maximum absolute atomic E-state index is 13.5. The Hall–Kier alpha value is -2.95. The van der Waals surface area contributed by atoms with E-state index in [1.807, 2.05) is 18.2 Å². The van der Waals surface area contributed by atoms with Crippen molar-refractivity contribution in [3.63, 3.8) is 0 Å². The minimum absolute atomic E-state index is 0.224. The molecular formula is C24H22N2O3S2. The summed E-state index contributed by atoms with van der Waals surface area (Å²) in [5.74, 6) is -0.543. The Morgan fingerprint density at radius 2 is 1.77 bits per heavy atom. The number of carbonyl (C=O) groups is 1. The Bertz CT molecular complexity index is 1280. The second kappa shape index (κ2) is 8.29. The summed E-state index contributed by atoms with van der Waals surface area (Å²) >= 11 is 1.35. The molecule has 31 heavy (non-hydrogen) atoms. The van der Waals surface area contributed by atoms with Crippen LogP contribution in [0.2, 0.25) is 0 Å². The molecule has 0 aliphatic heterocycles. The zero-order chi connectivity index (χ0) is 22.2. The van der Waals surface area contributed by atoms with Crippen LogP contribution in [-0.4, -0.2) is 19.6 Å². The minimum atomic E-state index is -3.90. The van der Waals surface area contributed by atoms with Gasteiger partial charge >= 0.3 is 0 Å². The largest absolute Gasteiger partial charge is 0.282 e. The number of nitriles is 1. The van der Waals surface area contributed by atoms with Crippen LogP contribution in [0.25, 0.3) is 10.4 Å². The minimum Gasteiger partial charge on any atom is -0.267 e. The monoisotopic (exact) mass is 450 g/mol. The number of nitrogens with zero attached hydrogens (tertiary/aromatic N) is 2. The standard InChI is InChI=1S/C24H22N2O3S2/c1-16(2)31(28,29)26(20-11-7-17(8-12-20)13-14-25)24(27)22-15-19-10-9-18-5-3-4-6-21(18)23(19)30-22/h3-8,11-12,15-16H,9-10,13H2,1-2H3. The van der Waals surface area contributed by atoms with Crippen molar-refractivity contribution in [3.05, 3.63) is 76.2 Å². The smallest absolute Gasteiger partial charge is 0.267 e. The quantitative estimate of drug-likeness (QED) is 0.550. The van der Waals surface area contributed by atoms with Gasteiger partial charge in [0.15, 0.2) is 0 Å². The summed E-state index contributed by atoms with van der Waals surface area (Å²) in [6, 6.07) is 18.6. The summed E-state index contributed by atoms with van der Waals surface area (Å²) < 4.78 is 27.2. The molecule has 0 fully saturated rings. The molecule has 2 aromatic carbocycles. The van der Waals surface area contributed by atoms with Crippen molar-refractivity contribution in [2.24, 2.45) is 0 Å². The van der Waals surface area contributed by atoms with E-state index in [0.717, 1.165) is 38.7 Å². The number of fused-ring (bicyclic) bond motifs is 3. The third-order valence-electron chi connectivity index (χ3n) is 5.43. The van der Waals surface area contributed by atoms with Gasteiger partial charge in [-0.1, -0.05) is 36.4 Å². The van der Waals surface area contributed by atoms with Crippen molar-refractivity contribution in [2.45, 2.75) is 38.4 Å². The van der Waals surface area contributed by atoms with E-state index in [1.54, 1.807) is 38.1 Å². The van der Waals surface area contributed by atoms with E-state index < -0.39 is 21.2 Å². The Morgan fingerprint density at radius 1 is 1.10 bits per heavy atom. The molecule has 0 atom stereocenters. The molecule has 0 saturated carbocycles. The first-order valence-corrected chi connectivity index (χ1v) is 12.4. The predicted octanol–water partition coefficient (Wildman–Crippen LogP) is 4.96. The van der Waals surface area contributed by atoms with Crippen molar-refractivity contribution in [1.29, 1.82) is 5.26 Å². The van der Waals surface area contributed by atoms with Gasteiger partial charge in [0, 0.05) is 4.88 Å². The molecule has 1 aliphatic carbocycles. The zero-order valence-electron chi connectivity index (χ0n) is 17.3. The second-order valence-corrected chi connectivity index (χ2v) is 11.2. The summed E-state index contributed by atoms with van der Waals surface area (Å²) in [6.45, 7) is 3.13. The Balaban J connectivity index is 1.78. The molecule has 0 unspecified atom stereocenters. The molecule has 4 rings (SSSR count). The van der Waals surface area contributed by atoms with Gasteiger partial charge in [0.05, 0.1) is 28.3 Å². The van der Waals surface area contributed by atoms with E-state index in [4.69, 9.17) is 5.26 Å². The van der Waals surface area contributed by atoms with E-state index in [1.165, 1.54) is 16.9 Å². The highest BCUT2D eigenvalue weighted by Crippen LogP contribution is 2.40. The van der Waals surface area contributed by atoms with Crippen LogP contribution < -0.4 is 4.31 Å². The van der Waals surface area contributed by atoms with Gasteiger partial charge in [-0.2, -0.15) is 5.26 Å². The fourth-order valence-electron chi connectivity index (χ4n) is 3.71. The molecule has 1 heterocycles. The first-order chi connectivity index (χ1) is 14.8. The van der Waals surface area contributed by atoms with E-state index >= 15 is 0 Å². The third-order valence-corrected chi connectivity index (χ3v) is 8.71. The Morgan fingerprint density at radius 3 is 2.45 bits per heavy atom. The van der Waals surface area contributed by atoms with Crippen LogP contribution in [0.15, 0.2) is 54.6 Å². The summed E-state index contributed by atoms with van der Waals surface area (Å²) in [7, 11) is -3.90. The topological polar surface area (TPSA) is 78.2 Å². The number of benzene rings is 2. The Kier molecular flexibility index (Phi) is 5.69. The van der Waals surface area contributed by atoms with E-state index in [9.17, 15) is 13.2 Å². The van der Waals surface area contributed by atoms with Crippen LogP contribution in [0.5, 0.6) is 0 Å². The Labute approximate surface area is 186 Å². The van der Waals surface area contributed by atoms with Gasteiger partial charge in [0.2, 0.25) is 10.0 Å².